The molecule has 2 heterocycles. The number of hydrogen-bond donors (Lipinski definition) is 0. The third-order valence-electron chi connectivity index (χ3n) is 7.57. The lowest BCUT2D eigenvalue weighted by Gasteiger charge is -2.25. The topological polar surface area (TPSA) is 26.0 Å². The highest BCUT2D eigenvalue weighted by Gasteiger charge is 2.24. The van der Waals surface area contributed by atoms with E-state index in [1.54, 1.807) is 6.20 Å². The van der Waals surface area contributed by atoms with E-state index in [9.17, 15) is 0 Å². The van der Waals surface area contributed by atoms with E-state index in [-0.39, 0.29) is 0 Å². The molecule has 0 fully saturated rings. The summed E-state index contributed by atoms with van der Waals surface area (Å²) in [6.45, 7) is 0. The zero-order valence-corrected chi connectivity index (χ0v) is 20.0. The van der Waals surface area contributed by atoms with Crippen LogP contribution in [0.2, 0.25) is 0 Å². The molecule has 0 saturated heterocycles. The number of nitrogens with zero attached hydrogens (tertiary/aromatic N) is 1. The minimum absolute atomic E-state index is 0.814. The first-order chi connectivity index (χ1) is 18.4. The highest BCUT2D eigenvalue weighted by atomic mass is 16.3. The lowest BCUT2D eigenvalue weighted by molar-refractivity contribution is 0.667. The lowest BCUT2D eigenvalue weighted by atomic mass is 9.78. The molecule has 0 N–H and O–H groups in total. The van der Waals surface area contributed by atoms with Crippen molar-refractivity contribution in [1.82, 2.24) is 4.98 Å². The second-order valence-corrected chi connectivity index (χ2v) is 9.55. The van der Waals surface area contributed by atoms with Crippen LogP contribution < -0.4 is 0 Å². The SMILES string of the molecule is c1ccc2c(c1)-c1ccccc1-c1cccc(-c3ccc4oc5cnccc5c4c3)c1-c1ccccc1-2. The fourth-order valence-corrected chi connectivity index (χ4v) is 5.95. The van der Waals surface area contributed by atoms with Crippen LogP contribution >= 0.6 is 0 Å². The Morgan fingerprint density at radius 3 is 1.70 bits per heavy atom. The molecule has 0 bridgehead atoms. The second-order valence-electron chi connectivity index (χ2n) is 9.55. The minimum Gasteiger partial charge on any atom is -0.454 e. The Morgan fingerprint density at radius 1 is 0.432 bits per heavy atom. The molecule has 0 saturated carbocycles. The van der Waals surface area contributed by atoms with Crippen LogP contribution in [0.5, 0.6) is 0 Å². The Morgan fingerprint density at radius 2 is 1.00 bits per heavy atom. The average molecular weight is 472 g/mol. The summed E-state index contributed by atoms with van der Waals surface area (Å²) in [5, 5.41) is 2.20. The molecule has 5 aromatic carbocycles. The standard InChI is InChI=1S/C35H21NO/c1-2-9-25-24(8-1)26-10-3-4-11-28(26)31-15-7-14-23(35(31)30-13-6-5-12-27(25)30)22-16-17-33-32(20-22)29-18-19-36-21-34(29)37-33/h1-21H. The van der Waals surface area contributed by atoms with Crippen LogP contribution in [0.3, 0.4) is 0 Å². The van der Waals surface area contributed by atoms with Crippen molar-refractivity contribution >= 4 is 21.9 Å². The highest BCUT2D eigenvalue weighted by Crippen LogP contribution is 2.50. The average Bonchev–Trinajstić information content (AvgIpc) is 3.34. The maximum absolute atomic E-state index is 6.07. The molecule has 0 aliphatic heterocycles. The number of rotatable bonds is 1. The van der Waals surface area contributed by atoms with Crippen molar-refractivity contribution in [3.8, 4) is 55.6 Å². The summed E-state index contributed by atoms with van der Waals surface area (Å²) in [6, 6.07) is 41.6. The van der Waals surface area contributed by atoms with E-state index in [1.165, 1.54) is 55.6 Å². The summed E-state index contributed by atoms with van der Waals surface area (Å²) in [5.74, 6) is 0. The molecular formula is C35H21NO. The molecular weight excluding hydrogens is 450 g/mol. The number of hydrogen-bond acceptors (Lipinski definition) is 2. The van der Waals surface area contributed by atoms with E-state index in [0.717, 1.165) is 21.9 Å². The van der Waals surface area contributed by atoms with Gasteiger partial charge >= 0.3 is 0 Å². The van der Waals surface area contributed by atoms with Gasteiger partial charge in [0.05, 0.1) is 6.20 Å². The smallest absolute Gasteiger partial charge is 0.153 e. The van der Waals surface area contributed by atoms with E-state index < -0.39 is 0 Å². The quantitative estimate of drug-likeness (QED) is 0.238. The first-order valence-corrected chi connectivity index (χ1v) is 12.5. The van der Waals surface area contributed by atoms with Crippen molar-refractivity contribution < 1.29 is 4.42 Å². The monoisotopic (exact) mass is 471 g/mol. The Kier molecular flexibility index (Phi) is 4.26. The Balaban J connectivity index is 1.49. The van der Waals surface area contributed by atoms with Gasteiger partial charge in [-0.15, -0.1) is 0 Å². The van der Waals surface area contributed by atoms with Crippen molar-refractivity contribution in [1.29, 1.82) is 0 Å². The Bertz CT molecular complexity index is 1990. The number of furan rings is 1. The molecule has 2 aromatic heterocycles. The maximum atomic E-state index is 6.07. The molecule has 1 aliphatic rings. The molecule has 2 nitrogen and oxygen atoms in total. The van der Waals surface area contributed by atoms with Crippen molar-refractivity contribution in [3.05, 3.63) is 128 Å². The molecule has 0 unspecified atom stereocenters. The van der Waals surface area contributed by atoms with Gasteiger partial charge in [0.25, 0.3) is 0 Å². The first-order valence-electron chi connectivity index (χ1n) is 12.5. The summed E-state index contributed by atoms with van der Waals surface area (Å²) in [6.07, 6.45) is 3.62. The van der Waals surface area contributed by atoms with Gasteiger partial charge in [-0.1, -0.05) is 97.1 Å². The van der Waals surface area contributed by atoms with Gasteiger partial charge in [-0.25, -0.2) is 0 Å². The van der Waals surface area contributed by atoms with E-state index in [2.05, 4.69) is 114 Å². The maximum Gasteiger partial charge on any atom is 0.153 e. The summed E-state index contributed by atoms with van der Waals surface area (Å²) in [4.78, 5) is 4.24. The summed E-state index contributed by atoms with van der Waals surface area (Å²) in [5.41, 5.74) is 14.1. The normalized spacial score (nSPS) is 11.8. The minimum atomic E-state index is 0.814. The Labute approximate surface area is 214 Å². The van der Waals surface area contributed by atoms with Crippen molar-refractivity contribution in [2.45, 2.75) is 0 Å². The molecule has 172 valence electrons. The number of pyridine rings is 1. The second kappa shape index (κ2) is 7.78. The van der Waals surface area contributed by atoms with Gasteiger partial charge in [0, 0.05) is 17.0 Å². The van der Waals surface area contributed by atoms with Crippen LogP contribution in [-0.4, -0.2) is 4.98 Å². The van der Waals surface area contributed by atoms with Gasteiger partial charge < -0.3 is 4.42 Å². The van der Waals surface area contributed by atoms with E-state index in [1.807, 2.05) is 12.3 Å². The van der Waals surface area contributed by atoms with E-state index in [0.29, 0.717) is 0 Å². The fourth-order valence-electron chi connectivity index (χ4n) is 5.95. The predicted molar refractivity (Wildman–Crippen MR) is 152 cm³/mol. The van der Waals surface area contributed by atoms with Gasteiger partial charge in [-0.05, 0) is 73.8 Å². The molecule has 2 heteroatoms. The van der Waals surface area contributed by atoms with Crippen LogP contribution in [0.4, 0.5) is 0 Å². The summed E-state index contributed by atoms with van der Waals surface area (Å²) < 4.78 is 6.07. The first kappa shape index (κ1) is 20.3. The molecule has 0 amide bonds. The van der Waals surface area contributed by atoms with Crippen LogP contribution in [0.25, 0.3) is 77.6 Å². The van der Waals surface area contributed by atoms with Crippen LogP contribution in [-0.2, 0) is 0 Å². The van der Waals surface area contributed by atoms with E-state index >= 15 is 0 Å². The molecule has 0 radical (unpaired) electrons. The zero-order chi connectivity index (χ0) is 24.3. The van der Waals surface area contributed by atoms with Gasteiger partial charge in [0.15, 0.2) is 5.58 Å². The van der Waals surface area contributed by atoms with Crippen molar-refractivity contribution in [3.63, 3.8) is 0 Å². The zero-order valence-electron chi connectivity index (χ0n) is 20.0. The predicted octanol–water partition coefficient (Wildman–Crippen LogP) is 9.63. The van der Waals surface area contributed by atoms with Gasteiger partial charge in [-0.2, -0.15) is 0 Å². The van der Waals surface area contributed by atoms with Crippen LogP contribution in [0, 0.1) is 0 Å². The third kappa shape index (κ3) is 2.96. The molecule has 7 aromatic rings. The highest BCUT2D eigenvalue weighted by molar-refractivity contribution is 6.09. The van der Waals surface area contributed by atoms with Crippen molar-refractivity contribution in [2.24, 2.45) is 0 Å². The van der Waals surface area contributed by atoms with Crippen LogP contribution in [0.15, 0.2) is 132 Å². The third-order valence-corrected chi connectivity index (χ3v) is 7.57. The lowest BCUT2D eigenvalue weighted by Crippen LogP contribution is -1.98. The van der Waals surface area contributed by atoms with Crippen LogP contribution in [0.1, 0.15) is 0 Å². The van der Waals surface area contributed by atoms with Gasteiger partial charge in [0.1, 0.15) is 5.58 Å². The van der Waals surface area contributed by atoms with E-state index in [4.69, 9.17) is 4.42 Å². The molecule has 0 spiro atoms. The summed E-state index contributed by atoms with van der Waals surface area (Å²) in [7, 11) is 0. The molecule has 8 rings (SSSR count). The number of aromatic nitrogens is 1. The largest absolute Gasteiger partial charge is 0.454 e. The number of benzene rings is 5. The number of fused-ring (bicyclic) bond motifs is 11. The Hall–Kier alpha value is -4.95. The fraction of sp³-hybridized carbons (Fsp3) is 0. The summed E-state index contributed by atoms with van der Waals surface area (Å²) >= 11 is 0. The molecule has 1 aliphatic carbocycles. The van der Waals surface area contributed by atoms with Gasteiger partial charge in [-0.3, -0.25) is 4.98 Å². The molecule has 0 atom stereocenters. The molecule has 37 heavy (non-hydrogen) atoms. The van der Waals surface area contributed by atoms with Gasteiger partial charge in [0.2, 0.25) is 0 Å². The van der Waals surface area contributed by atoms with Crippen molar-refractivity contribution in [2.75, 3.05) is 0 Å².